The molecule has 0 N–H and O–H groups in total. The lowest BCUT2D eigenvalue weighted by Gasteiger charge is -2.39. The van der Waals surface area contributed by atoms with Crippen molar-refractivity contribution >= 4 is 28.6 Å². The van der Waals surface area contributed by atoms with E-state index >= 15 is 0 Å². The molecule has 0 aromatic heterocycles. The van der Waals surface area contributed by atoms with Gasteiger partial charge in [0.2, 0.25) is 0 Å². The molecule has 1 aromatic carbocycles. The molecule has 2 rings (SSSR count). The van der Waals surface area contributed by atoms with Crippen molar-refractivity contribution in [2.75, 3.05) is 11.5 Å². The zero-order valence-corrected chi connectivity index (χ0v) is 15.5. The van der Waals surface area contributed by atoms with Crippen molar-refractivity contribution in [2.45, 2.75) is 44.7 Å². The molecule has 0 amide bonds. The second-order valence-electron chi connectivity index (χ2n) is 5.63. The number of rotatable bonds is 6. The SMILES string of the molecule is COC(=O)[C@H](CI)N(C1=CCCCC1)[C@H](C)c1ccccc1. The summed E-state index contributed by atoms with van der Waals surface area (Å²) in [6.07, 6.45) is 6.87. The zero-order chi connectivity index (χ0) is 15.9. The smallest absolute Gasteiger partial charge is 0.329 e. The molecular weight excluding hydrogens is 389 g/mol. The van der Waals surface area contributed by atoms with Crippen LogP contribution in [0.25, 0.3) is 0 Å². The van der Waals surface area contributed by atoms with Gasteiger partial charge in [0.15, 0.2) is 0 Å². The minimum Gasteiger partial charge on any atom is -0.467 e. The lowest BCUT2D eigenvalue weighted by molar-refractivity contribution is -0.146. The van der Waals surface area contributed by atoms with Gasteiger partial charge in [0.25, 0.3) is 0 Å². The van der Waals surface area contributed by atoms with E-state index in [1.54, 1.807) is 0 Å². The maximum Gasteiger partial charge on any atom is 0.329 e. The minimum absolute atomic E-state index is 0.149. The molecule has 4 heteroatoms. The summed E-state index contributed by atoms with van der Waals surface area (Å²) in [5.74, 6) is -0.149. The highest BCUT2D eigenvalue weighted by atomic mass is 127. The summed E-state index contributed by atoms with van der Waals surface area (Å²) in [6.45, 7) is 2.17. The van der Waals surface area contributed by atoms with Crippen molar-refractivity contribution < 1.29 is 9.53 Å². The molecule has 1 aliphatic rings. The molecule has 0 spiro atoms. The predicted molar refractivity (Wildman–Crippen MR) is 97.9 cm³/mol. The number of alkyl halides is 1. The van der Waals surface area contributed by atoms with Gasteiger partial charge in [-0.2, -0.15) is 0 Å². The van der Waals surface area contributed by atoms with Crippen LogP contribution in [0.2, 0.25) is 0 Å². The number of methoxy groups -OCH3 is 1. The summed E-state index contributed by atoms with van der Waals surface area (Å²) in [5.41, 5.74) is 2.52. The van der Waals surface area contributed by atoms with E-state index in [1.165, 1.54) is 31.2 Å². The van der Waals surface area contributed by atoms with E-state index in [2.05, 4.69) is 64.8 Å². The fraction of sp³-hybridized carbons (Fsp3) is 0.500. The van der Waals surface area contributed by atoms with Gasteiger partial charge in [-0.05, 0) is 38.2 Å². The summed E-state index contributed by atoms with van der Waals surface area (Å²) < 4.78 is 5.77. The highest BCUT2D eigenvalue weighted by Gasteiger charge is 2.32. The zero-order valence-electron chi connectivity index (χ0n) is 13.3. The first-order chi connectivity index (χ1) is 10.7. The molecule has 120 valence electrons. The molecule has 2 atom stereocenters. The first-order valence-corrected chi connectivity index (χ1v) is 9.37. The molecule has 1 aromatic rings. The Bertz CT molecular complexity index is 515. The van der Waals surface area contributed by atoms with E-state index in [9.17, 15) is 4.79 Å². The fourth-order valence-corrected chi connectivity index (χ4v) is 3.84. The van der Waals surface area contributed by atoms with Crippen molar-refractivity contribution in [2.24, 2.45) is 0 Å². The Labute approximate surface area is 146 Å². The Balaban J connectivity index is 2.36. The molecule has 0 saturated carbocycles. The number of allylic oxidation sites excluding steroid dienone is 2. The second kappa shape index (κ2) is 8.56. The van der Waals surface area contributed by atoms with Crippen LogP contribution in [0.15, 0.2) is 42.1 Å². The summed E-state index contributed by atoms with van der Waals surface area (Å²) in [4.78, 5) is 14.5. The molecule has 0 bridgehead atoms. The van der Waals surface area contributed by atoms with Crippen molar-refractivity contribution in [1.29, 1.82) is 0 Å². The van der Waals surface area contributed by atoms with Crippen LogP contribution < -0.4 is 0 Å². The number of hydrogen-bond donors (Lipinski definition) is 0. The van der Waals surface area contributed by atoms with Gasteiger partial charge in [0.1, 0.15) is 6.04 Å². The molecule has 0 fully saturated rings. The van der Waals surface area contributed by atoms with Gasteiger partial charge in [-0.1, -0.05) is 59.0 Å². The van der Waals surface area contributed by atoms with E-state index in [0.29, 0.717) is 0 Å². The molecule has 0 unspecified atom stereocenters. The van der Waals surface area contributed by atoms with Gasteiger partial charge < -0.3 is 9.64 Å². The number of halogens is 1. The maximum atomic E-state index is 12.3. The summed E-state index contributed by atoms with van der Waals surface area (Å²) in [5, 5.41) is 0. The van der Waals surface area contributed by atoms with E-state index in [0.717, 1.165) is 17.3 Å². The summed E-state index contributed by atoms with van der Waals surface area (Å²) in [6, 6.07) is 10.3. The third-order valence-electron chi connectivity index (χ3n) is 4.25. The Morgan fingerprint density at radius 3 is 2.59 bits per heavy atom. The number of hydrogen-bond acceptors (Lipinski definition) is 3. The number of carbonyl (C=O) groups excluding carboxylic acids is 1. The Kier molecular flexibility index (Phi) is 6.73. The maximum absolute atomic E-state index is 12.3. The van der Waals surface area contributed by atoms with Crippen molar-refractivity contribution in [1.82, 2.24) is 4.90 Å². The molecule has 0 saturated heterocycles. The normalized spacial score (nSPS) is 17.3. The van der Waals surface area contributed by atoms with E-state index < -0.39 is 0 Å². The van der Waals surface area contributed by atoms with Crippen LogP contribution in [0.3, 0.4) is 0 Å². The van der Waals surface area contributed by atoms with Crippen LogP contribution in [0.1, 0.15) is 44.2 Å². The van der Waals surface area contributed by atoms with Crippen molar-refractivity contribution in [3.63, 3.8) is 0 Å². The lowest BCUT2D eigenvalue weighted by atomic mass is 9.98. The highest BCUT2D eigenvalue weighted by molar-refractivity contribution is 14.1. The van der Waals surface area contributed by atoms with E-state index in [1.807, 2.05) is 6.07 Å². The number of carbonyl (C=O) groups is 1. The lowest BCUT2D eigenvalue weighted by Crippen LogP contribution is -2.44. The van der Waals surface area contributed by atoms with Gasteiger partial charge in [-0.3, -0.25) is 0 Å². The van der Waals surface area contributed by atoms with E-state index in [4.69, 9.17) is 4.74 Å². The average Bonchev–Trinajstić information content (AvgIpc) is 2.60. The topological polar surface area (TPSA) is 29.5 Å². The standard InChI is InChI=1S/C18H24INO2/c1-14(15-9-5-3-6-10-15)20(16-11-7-4-8-12-16)17(13-19)18(21)22-2/h3,5-6,9-11,14,17H,4,7-8,12-13H2,1-2H3/t14-,17+/m1/s1. The summed E-state index contributed by atoms with van der Waals surface area (Å²) >= 11 is 2.28. The van der Waals surface area contributed by atoms with Crippen LogP contribution in [0.4, 0.5) is 0 Å². The fourth-order valence-electron chi connectivity index (χ4n) is 3.05. The van der Waals surface area contributed by atoms with Crippen molar-refractivity contribution in [3.05, 3.63) is 47.7 Å². The van der Waals surface area contributed by atoms with Crippen LogP contribution >= 0.6 is 22.6 Å². The average molecular weight is 413 g/mol. The number of ether oxygens (including phenoxy) is 1. The second-order valence-corrected chi connectivity index (χ2v) is 6.51. The Morgan fingerprint density at radius 2 is 2.05 bits per heavy atom. The first kappa shape index (κ1) is 17.3. The number of esters is 1. The van der Waals surface area contributed by atoms with Gasteiger partial charge in [0.05, 0.1) is 13.2 Å². The monoisotopic (exact) mass is 413 g/mol. The number of benzene rings is 1. The molecule has 0 radical (unpaired) electrons. The number of nitrogens with zero attached hydrogens (tertiary/aromatic N) is 1. The predicted octanol–water partition coefficient (Wildman–Crippen LogP) is 4.48. The van der Waals surface area contributed by atoms with E-state index in [-0.39, 0.29) is 18.1 Å². The van der Waals surface area contributed by atoms with Crippen LogP contribution in [-0.2, 0) is 9.53 Å². The largest absolute Gasteiger partial charge is 0.467 e. The van der Waals surface area contributed by atoms with Crippen LogP contribution in [-0.4, -0.2) is 28.4 Å². The van der Waals surface area contributed by atoms with Crippen molar-refractivity contribution in [3.8, 4) is 0 Å². The van der Waals surface area contributed by atoms with Crippen LogP contribution in [0, 0.1) is 0 Å². The Morgan fingerprint density at radius 1 is 1.32 bits per heavy atom. The molecule has 3 nitrogen and oxygen atoms in total. The van der Waals surface area contributed by atoms with Crippen LogP contribution in [0.5, 0.6) is 0 Å². The summed E-state index contributed by atoms with van der Waals surface area (Å²) in [7, 11) is 1.47. The van der Waals surface area contributed by atoms with Gasteiger partial charge >= 0.3 is 5.97 Å². The molecular formula is C18H24INO2. The van der Waals surface area contributed by atoms with Gasteiger partial charge in [-0.15, -0.1) is 0 Å². The Hall–Kier alpha value is -1.04. The molecule has 1 aliphatic carbocycles. The first-order valence-electron chi connectivity index (χ1n) is 7.85. The third kappa shape index (κ3) is 4.03. The highest BCUT2D eigenvalue weighted by Crippen LogP contribution is 2.32. The van der Waals surface area contributed by atoms with Gasteiger partial charge in [0, 0.05) is 10.1 Å². The quantitative estimate of drug-likeness (QED) is 0.391. The molecule has 22 heavy (non-hydrogen) atoms. The van der Waals surface area contributed by atoms with Gasteiger partial charge in [-0.25, -0.2) is 4.79 Å². The third-order valence-corrected chi connectivity index (χ3v) is 5.09. The molecule has 0 heterocycles. The molecule has 0 aliphatic heterocycles. The minimum atomic E-state index is -0.231.